The molecule has 0 unspecified atom stereocenters. The molecule has 6 heteroatoms. The van der Waals surface area contributed by atoms with Crippen LogP contribution >= 0.6 is 31.9 Å². The van der Waals surface area contributed by atoms with Gasteiger partial charge < -0.3 is 9.64 Å². The van der Waals surface area contributed by atoms with Gasteiger partial charge in [-0.1, -0.05) is 35.2 Å². The van der Waals surface area contributed by atoms with E-state index in [-0.39, 0.29) is 0 Å². The SMILES string of the molecule is COc1nc(N(CCBr)C2CCCCC2)ncc1Br. The molecule has 0 atom stereocenters. The Kier molecular flexibility index (Phi) is 5.88. The molecule has 0 N–H and O–H groups in total. The first-order valence-electron chi connectivity index (χ1n) is 6.65. The smallest absolute Gasteiger partial charge is 0.232 e. The first kappa shape index (κ1) is 15.0. The Balaban J connectivity index is 2.22. The largest absolute Gasteiger partial charge is 0.480 e. The van der Waals surface area contributed by atoms with Crippen molar-refractivity contribution in [1.29, 1.82) is 0 Å². The Labute approximate surface area is 131 Å². The lowest BCUT2D eigenvalue weighted by atomic mass is 9.94. The number of ether oxygens (including phenoxy) is 1. The molecule has 1 heterocycles. The number of rotatable bonds is 5. The lowest BCUT2D eigenvalue weighted by Gasteiger charge is -2.34. The van der Waals surface area contributed by atoms with E-state index in [0.29, 0.717) is 11.9 Å². The van der Waals surface area contributed by atoms with Gasteiger partial charge in [0.1, 0.15) is 0 Å². The van der Waals surface area contributed by atoms with Crippen molar-refractivity contribution in [2.45, 2.75) is 38.1 Å². The number of aromatic nitrogens is 2. The third kappa shape index (κ3) is 3.81. The molecule has 1 aliphatic rings. The summed E-state index contributed by atoms with van der Waals surface area (Å²) in [4.78, 5) is 11.3. The maximum atomic E-state index is 5.26. The third-order valence-corrected chi connectivity index (χ3v) is 4.39. The molecule has 0 amide bonds. The predicted octanol–water partition coefficient (Wildman–Crippen LogP) is 3.78. The van der Waals surface area contributed by atoms with E-state index in [9.17, 15) is 0 Å². The summed E-state index contributed by atoms with van der Waals surface area (Å²) in [6.07, 6.45) is 8.19. The van der Waals surface area contributed by atoms with E-state index >= 15 is 0 Å². The van der Waals surface area contributed by atoms with Crippen molar-refractivity contribution in [3.8, 4) is 5.88 Å². The zero-order chi connectivity index (χ0) is 13.7. The Morgan fingerprint density at radius 1 is 1.37 bits per heavy atom. The number of halogens is 2. The van der Waals surface area contributed by atoms with Crippen molar-refractivity contribution in [3.05, 3.63) is 10.7 Å². The van der Waals surface area contributed by atoms with Gasteiger partial charge in [0.2, 0.25) is 11.8 Å². The second-order valence-corrected chi connectivity index (χ2v) is 6.35. The van der Waals surface area contributed by atoms with Crippen molar-refractivity contribution in [1.82, 2.24) is 9.97 Å². The molecule has 0 bridgehead atoms. The second-order valence-electron chi connectivity index (χ2n) is 4.70. The molecule has 1 fully saturated rings. The van der Waals surface area contributed by atoms with E-state index in [0.717, 1.165) is 22.3 Å². The predicted molar refractivity (Wildman–Crippen MR) is 84.3 cm³/mol. The Hall–Kier alpha value is -0.360. The number of methoxy groups -OCH3 is 1. The summed E-state index contributed by atoms with van der Waals surface area (Å²) in [5.41, 5.74) is 0. The monoisotopic (exact) mass is 391 g/mol. The van der Waals surface area contributed by atoms with Gasteiger partial charge in [0.05, 0.1) is 17.8 Å². The van der Waals surface area contributed by atoms with E-state index in [1.807, 2.05) is 0 Å². The minimum absolute atomic E-state index is 0.553. The highest BCUT2D eigenvalue weighted by atomic mass is 79.9. The van der Waals surface area contributed by atoms with Gasteiger partial charge in [-0.25, -0.2) is 4.98 Å². The highest BCUT2D eigenvalue weighted by Crippen LogP contribution is 2.28. The Morgan fingerprint density at radius 2 is 2.11 bits per heavy atom. The number of nitrogens with zero attached hydrogens (tertiary/aromatic N) is 3. The lowest BCUT2D eigenvalue weighted by Crippen LogP contribution is -2.39. The molecule has 0 spiro atoms. The first-order chi connectivity index (χ1) is 9.26. The summed E-state index contributed by atoms with van der Waals surface area (Å²) in [5.74, 6) is 1.37. The quantitative estimate of drug-likeness (QED) is 0.714. The van der Waals surface area contributed by atoms with E-state index in [1.54, 1.807) is 13.3 Å². The van der Waals surface area contributed by atoms with Gasteiger partial charge in [0, 0.05) is 17.9 Å². The number of alkyl halides is 1. The highest BCUT2D eigenvalue weighted by molar-refractivity contribution is 9.10. The van der Waals surface area contributed by atoms with Crippen LogP contribution in [0.5, 0.6) is 5.88 Å². The van der Waals surface area contributed by atoms with Gasteiger partial charge in [0.15, 0.2) is 0 Å². The van der Waals surface area contributed by atoms with E-state index in [1.165, 1.54) is 32.1 Å². The highest BCUT2D eigenvalue weighted by Gasteiger charge is 2.23. The summed E-state index contributed by atoms with van der Waals surface area (Å²) in [5, 5.41) is 0.922. The van der Waals surface area contributed by atoms with E-state index in [2.05, 4.69) is 46.7 Å². The minimum Gasteiger partial charge on any atom is -0.480 e. The van der Waals surface area contributed by atoms with Crippen LogP contribution in [-0.4, -0.2) is 35.0 Å². The van der Waals surface area contributed by atoms with Gasteiger partial charge in [0.25, 0.3) is 0 Å². The van der Waals surface area contributed by atoms with Crippen LogP contribution < -0.4 is 9.64 Å². The molecule has 0 aliphatic heterocycles. The summed E-state index contributed by atoms with van der Waals surface area (Å²) >= 11 is 6.92. The third-order valence-electron chi connectivity index (χ3n) is 3.49. The zero-order valence-corrected chi connectivity index (χ0v) is 14.3. The maximum absolute atomic E-state index is 5.26. The first-order valence-corrected chi connectivity index (χ1v) is 8.57. The maximum Gasteiger partial charge on any atom is 0.232 e. The summed E-state index contributed by atoms with van der Waals surface area (Å²) in [7, 11) is 1.63. The summed E-state index contributed by atoms with van der Waals surface area (Å²) < 4.78 is 6.06. The zero-order valence-electron chi connectivity index (χ0n) is 11.1. The van der Waals surface area contributed by atoms with Gasteiger partial charge in [-0.2, -0.15) is 4.98 Å². The summed E-state index contributed by atoms with van der Waals surface area (Å²) in [6, 6.07) is 0.553. The van der Waals surface area contributed by atoms with Crippen LogP contribution in [0, 0.1) is 0 Å². The molecule has 4 nitrogen and oxygen atoms in total. The second kappa shape index (κ2) is 7.43. The van der Waals surface area contributed by atoms with Crippen LogP contribution in [0.3, 0.4) is 0 Å². The molecule has 1 aromatic heterocycles. The fraction of sp³-hybridized carbons (Fsp3) is 0.692. The van der Waals surface area contributed by atoms with Crippen molar-refractivity contribution in [3.63, 3.8) is 0 Å². The molecular formula is C13H19Br2N3O. The molecule has 2 rings (SSSR count). The Morgan fingerprint density at radius 3 is 2.74 bits per heavy atom. The van der Waals surface area contributed by atoms with Crippen LogP contribution in [0.25, 0.3) is 0 Å². The van der Waals surface area contributed by atoms with Crippen molar-refractivity contribution in [2.75, 3.05) is 23.9 Å². The number of hydrogen-bond donors (Lipinski definition) is 0. The molecule has 19 heavy (non-hydrogen) atoms. The van der Waals surface area contributed by atoms with Gasteiger partial charge in [-0.05, 0) is 28.8 Å². The topological polar surface area (TPSA) is 38.2 Å². The molecule has 0 saturated heterocycles. The number of anilines is 1. The molecular weight excluding hydrogens is 374 g/mol. The van der Waals surface area contributed by atoms with Crippen LogP contribution in [-0.2, 0) is 0 Å². The van der Waals surface area contributed by atoms with E-state index < -0.39 is 0 Å². The van der Waals surface area contributed by atoms with E-state index in [4.69, 9.17) is 4.74 Å². The lowest BCUT2D eigenvalue weighted by molar-refractivity contribution is 0.388. The molecule has 1 aromatic rings. The van der Waals surface area contributed by atoms with Crippen LogP contribution in [0.2, 0.25) is 0 Å². The van der Waals surface area contributed by atoms with Gasteiger partial charge in [-0.3, -0.25) is 0 Å². The molecule has 1 aliphatic carbocycles. The van der Waals surface area contributed by atoms with Crippen molar-refractivity contribution >= 4 is 37.8 Å². The fourth-order valence-electron chi connectivity index (χ4n) is 2.55. The van der Waals surface area contributed by atoms with Crippen LogP contribution in [0.4, 0.5) is 5.95 Å². The fourth-order valence-corrected chi connectivity index (χ4v) is 3.29. The van der Waals surface area contributed by atoms with Crippen molar-refractivity contribution in [2.24, 2.45) is 0 Å². The average molecular weight is 393 g/mol. The Bertz CT molecular complexity index is 411. The van der Waals surface area contributed by atoms with Crippen LogP contribution in [0.15, 0.2) is 10.7 Å². The van der Waals surface area contributed by atoms with Crippen molar-refractivity contribution < 1.29 is 4.74 Å². The average Bonchev–Trinajstić information content (AvgIpc) is 2.46. The molecule has 106 valence electrons. The molecule has 1 saturated carbocycles. The molecule has 0 aromatic carbocycles. The standard InChI is InChI=1S/C13H19Br2N3O/c1-19-12-11(15)9-16-13(17-12)18(8-7-14)10-5-3-2-4-6-10/h9-10H,2-8H2,1H3. The summed E-state index contributed by atoms with van der Waals surface area (Å²) in [6.45, 7) is 0.926. The molecule has 0 radical (unpaired) electrons. The van der Waals surface area contributed by atoms with Gasteiger partial charge in [-0.15, -0.1) is 0 Å². The normalized spacial score (nSPS) is 16.4. The van der Waals surface area contributed by atoms with Gasteiger partial charge >= 0.3 is 0 Å². The van der Waals surface area contributed by atoms with Crippen LogP contribution in [0.1, 0.15) is 32.1 Å². The number of hydrogen-bond acceptors (Lipinski definition) is 4. The minimum atomic E-state index is 0.553.